The van der Waals surface area contributed by atoms with Gasteiger partial charge in [-0.1, -0.05) is 152 Å². The largest absolute Gasteiger partial charge is 0.462 e. The minimum Gasteiger partial charge on any atom is -0.462 e. The van der Waals surface area contributed by atoms with Gasteiger partial charge in [0.25, 0.3) is 0 Å². The third-order valence-corrected chi connectivity index (χ3v) is 13.4. The Morgan fingerprint density at radius 2 is 1.50 bits per heavy atom. The number of anilines is 1. The van der Waals surface area contributed by atoms with Crippen molar-refractivity contribution in [1.82, 2.24) is 19.7 Å². The molecule has 3 heterocycles. The topological polar surface area (TPSA) is 222 Å². The van der Waals surface area contributed by atoms with Crippen LogP contribution in [0.1, 0.15) is 134 Å². The Morgan fingerprint density at radius 1 is 0.894 bits per heavy atom. The molecule has 2 unspecified atom stereocenters. The Kier molecular flexibility index (Phi) is 22.3. The van der Waals surface area contributed by atoms with Crippen molar-refractivity contribution in [1.29, 1.82) is 5.26 Å². The van der Waals surface area contributed by atoms with Gasteiger partial charge < -0.3 is 39.4 Å². The number of carbonyl (C=O) groups is 1. The van der Waals surface area contributed by atoms with Crippen LogP contribution in [0.15, 0.2) is 79.1 Å². The molecular weight excluding hydrogens is 864 g/mol. The van der Waals surface area contributed by atoms with E-state index in [0.29, 0.717) is 12.1 Å². The molecule has 5 rings (SSSR count). The Hall–Kier alpha value is -4.43. The van der Waals surface area contributed by atoms with Crippen molar-refractivity contribution in [2.75, 3.05) is 32.2 Å². The van der Waals surface area contributed by atoms with Crippen molar-refractivity contribution >= 4 is 25.1 Å². The number of aromatic nitrogens is 3. The number of benzene rings is 2. The average molecular weight is 935 g/mol. The van der Waals surface area contributed by atoms with Crippen LogP contribution in [0.5, 0.6) is 5.75 Å². The number of aliphatic hydroxyl groups is 2. The van der Waals surface area contributed by atoms with Crippen LogP contribution in [-0.2, 0) is 39.4 Å². The molecular formula is C49H71N6O10P. The number of carbonyl (C=O) groups excluding carboxylic acids is 1. The lowest BCUT2D eigenvalue weighted by atomic mass is 9.96. The van der Waals surface area contributed by atoms with E-state index >= 15 is 0 Å². The fourth-order valence-corrected chi connectivity index (χ4v) is 9.38. The lowest BCUT2D eigenvalue weighted by Gasteiger charge is -2.28. The number of aliphatic hydroxyl groups excluding tert-OH is 2. The summed E-state index contributed by atoms with van der Waals surface area (Å²) in [7, 11) is -4.55. The normalized spacial score (nSPS) is 20.1. The maximum atomic E-state index is 14.5. The summed E-state index contributed by atoms with van der Waals surface area (Å²) in [5.41, 5.74) is 5.38. The number of rotatable bonds is 33. The zero-order chi connectivity index (χ0) is 47.0. The third kappa shape index (κ3) is 16.4. The Balaban J connectivity index is 1.09. The number of hydrogen-bond donors (Lipinski definition) is 4. The summed E-state index contributed by atoms with van der Waals surface area (Å²) in [4.78, 5) is 17.4. The highest BCUT2D eigenvalue weighted by atomic mass is 31.2. The molecule has 1 aliphatic heterocycles. The molecule has 362 valence electrons. The quantitative estimate of drug-likeness (QED) is 0.0199. The van der Waals surface area contributed by atoms with E-state index in [4.69, 9.17) is 33.7 Å². The zero-order valence-corrected chi connectivity index (χ0v) is 39.6. The van der Waals surface area contributed by atoms with Crippen LogP contribution < -0.4 is 15.3 Å². The van der Waals surface area contributed by atoms with Gasteiger partial charge in [-0.2, -0.15) is 15.4 Å². The van der Waals surface area contributed by atoms with E-state index in [1.807, 2.05) is 36.4 Å². The molecule has 1 aliphatic rings. The molecule has 7 atom stereocenters. The predicted octanol–water partition coefficient (Wildman–Crippen LogP) is 8.96. The van der Waals surface area contributed by atoms with E-state index < -0.39 is 56.4 Å². The van der Waals surface area contributed by atoms with Crippen LogP contribution in [0.3, 0.4) is 0 Å². The molecule has 17 heteroatoms. The molecule has 0 amide bonds. The van der Waals surface area contributed by atoms with E-state index in [0.717, 1.165) is 18.4 Å². The zero-order valence-electron chi connectivity index (χ0n) is 38.7. The fraction of sp³-hybridized carbons (Fsp3) is 0.592. The lowest BCUT2D eigenvalue weighted by Crippen LogP contribution is -2.46. The Bertz CT molecular complexity index is 2090. The summed E-state index contributed by atoms with van der Waals surface area (Å²) in [6.45, 7) is 3.72. The molecule has 1 saturated heterocycles. The first-order valence-corrected chi connectivity index (χ1v) is 25.3. The van der Waals surface area contributed by atoms with Gasteiger partial charge in [0.1, 0.15) is 67.3 Å². The van der Waals surface area contributed by atoms with Gasteiger partial charge in [-0.15, -0.1) is 0 Å². The van der Waals surface area contributed by atoms with Crippen LogP contribution in [0.2, 0.25) is 0 Å². The van der Waals surface area contributed by atoms with Gasteiger partial charge in [0.2, 0.25) is 5.60 Å². The number of para-hydroxylation sites is 1. The molecule has 0 saturated carbocycles. The van der Waals surface area contributed by atoms with Crippen molar-refractivity contribution < 1.29 is 47.6 Å². The van der Waals surface area contributed by atoms with E-state index in [9.17, 15) is 24.8 Å². The SMILES string of the molecule is CCCCCCCCCCCCCCCCCCOC[C@H](COC(=O)C(C)NP(=O)(OC[C@@]1(C#N)O[C@@H](c2ccc3c(N)ncnn23)[C@H](O)[C@@H]1O)Oc1ccccc1)OCc1ccccc1. The lowest BCUT2D eigenvalue weighted by molar-refractivity contribution is -0.152. The highest BCUT2D eigenvalue weighted by Crippen LogP contribution is 2.48. The molecule has 2 aromatic carbocycles. The van der Waals surface area contributed by atoms with E-state index in [-0.39, 0.29) is 37.1 Å². The van der Waals surface area contributed by atoms with E-state index in [1.54, 1.807) is 30.3 Å². The van der Waals surface area contributed by atoms with Crippen molar-refractivity contribution in [2.45, 2.75) is 159 Å². The average Bonchev–Trinajstić information content (AvgIpc) is 3.87. The molecule has 0 spiro atoms. The van der Waals surface area contributed by atoms with Gasteiger partial charge in [0.05, 0.1) is 18.9 Å². The first kappa shape index (κ1) is 52.5. The fourth-order valence-electron chi connectivity index (χ4n) is 7.86. The summed E-state index contributed by atoms with van der Waals surface area (Å²) in [6, 6.07) is 21.5. The number of nitrogens with one attached hydrogen (secondary N) is 1. The molecule has 66 heavy (non-hydrogen) atoms. The summed E-state index contributed by atoms with van der Waals surface area (Å²) in [5, 5.41) is 39.5. The molecule has 0 radical (unpaired) electrons. The van der Waals surface area contributed by atoms with Gasteiger partial charge in [-0.25, -0.2) is 14.1 Å². The van der Waals surface area contributed by atoms with Gasteiger partial charge in [-0.05, 0) is 43.2 Å². The molecule has 16 nitrogen and oxygen atoms in total. The van der Waals surface area contributed by atoms with Gasteiger partial charge in [0, 0.05) is 6.61 Å². The first-order chi connectivity index (χ1) is 32.1. The maximum absolute atomic E-state index is 14.5. The predicted molar refractivity (Wildman–Crippen MR) is 251 cm³/mol. The van der Waals surface area contributed by atoms with Gasteiger partial charge >= 0.3 is 13.7 Å². The molecule has 2 aromatic heterocycles. The minimum absolute atomic E-state index is 0.124. The number of esters is 1. The summed E-state index contributed by atoms with van der Waals surface area (Å²) in [6.07, 6.45) is 16.5. The van der Waals surface area contributed by atoms with Crippen molar-refractivity contribution in [2.24, 2.45) is 0 Å². The first-order valence-electron chi connectivity index (χ1n) is 23.8. The number of nitrogens with zero attached hydrogens (tertiary/aromatic N) is 4. The highest BCUT2D eigenvalue weighted by molar-refractivity contribution is 7.52. The van der Waals surface area contributed by atoms with Crippen LogP contribution in [0, 0.1) is 11.3 Å². The monoisotopic (exact) mass is 934 g/mol. The molecule has 5 N–H and O–H groups in total. The summed E-state index contributed by atoms with van der Waals surface area (Å²) >= 11 is 0. The number of hydrogen-bond acceptors (Lipinski definition) is 14. The Morgan fingerprint density at radius 3 is 2.12 bits per heavy atom. The van der Waals surface area contributed by atoms with E-state index in [1.165, 1.54) is 120 Å². The van der Waals surface area contributed by atoms with Crippen LogP contribution in [-0.4, -0.2) is 87.2 Å². The van der Waals surface area contributed by atoms with Gasteiger partial charge in [0.15, 0.2) is 5.82 Å². The molecule has 1 fully saturated rings. The summed E-state index contributed by atoms with van der Waals surface area (Å²) < 4.78 is 51.2. The van der Waals surface area contributed by atoms with Crippen LogP contribution >= 0.6 is 7.75 Å². The van der Waals surface area contributed by atoms with Crippen molar-refractivity contribution in [3.05, 3.63) is 90.4 Å². The minimum atomic E-state index is -4.55. The second-order valence-corrected chi connectivity index (χ2v) is 18.8. The third-order valence-electron chi connectivity index (χ3n) is 11.7. The number of unbranched alkanes of at least 4 members (excludes halogenated alkanes) is 15. The Labute approximate surface area is 390 Å². The van der Waals surface area contributed by atoms with Crippen molar-refractivity contribution in [3.63, 3.8) is 0 Å². The summed E-state index contributed by atoms with van der Waals surface area (Å²) in [5.74, 6) is -0.495. The number of nitrogen functional groups attached to an aromatic ring is 1. The smallest absolute Gasteiger partial charge is 0.459 e. The van der Waals surface area contributed by atoms with Crippen LogP contribution in [0.25, 0.3) is 5.52 Å². The molecule has 0 aliphatic carbocycles. The maximum Gasteiger partial charge on any atom is 0.459 e. The number of ether oxygens (including phenoxy) is 4. The number of nitriles is 1. The second-order valence-electron chi connectivity index (χ2n) is 17.1. The molecule has 0 bridgehead atoms. The van der Waals surface area contributed by atoms with E-state index in [2.05, 4.69) is 22.1 Å². The highest BCUT2D eigenvalue weighted by Gasteiger charge is 2.57. The van der Waals surface area contributed by atoms with Crippen molar-refractivity contribution in [3.8, 4) is 11.8 Å². The number of fused-ring (bicyclic) bond motifs is 1. The van der Waals surface area contributed by atoms with Crippen LogP contribution in [0.4, 0.5) is 5.82 Å². The molecule has 4 aromatic rings. The standard InChI is InChI=1S/C49H71N6O10P/c1-3-4-5-6-7-8-9-10-11-12-13-14-15-16-17-24-31-60-33-41(61-32-39-25-20-18-21-26-39)34-62-48(58)38(2)54-66(59,65-40-27-22-19-23-28-40)63-36-49(35-50)46(57)44(56)45(64-49)42-29-30-43-47(51)52-37-53-55(42)43/h18-23,25-30,37-38,41,44-46,56-57H,3-17,24,31-34,36H2,1-2H3,(H,54,59)(H2,51,52,53)/t38?,41-,44+,45+,46+,49-,66?/m1/s1. The number of nitrogens with two attached hydrogens (primary N) is 1. The van der Waals surface area contributed by atoms with Gasteiger partial charge in [-0.3, -0.25) is 9.32 Å². The second kappa shape index (κ2) is 28.0.